The van der Waals surface area contributed by atoms with Crippen molar-refractivity contribution in [3.63, 3.8) is 0 Å². The standard InChI is InChI=1S/C19H33NO3/c1-13(12-17(21)22)6-7-14-15(20-23)8-9-16-18(2,3)10-5-11-19(14,16)4/h13-14,16,23H,5-12H2,1-4H3,(H,21,22)/t13-,14+,16-,19+/m1/s1. The summed E-state index contributed by atoms with van der Waals surface area (Å²) < 4.78 is 0. The van der Waals surface area contributed by atoms with Gasteiger partial charge in [-0.25, -0.2) is 0 Å². The van der Waals surface area contributed by atoms with Crippen LogP contribution in [-0.4, -0.2) is 22.0 Å². The molecule has 132 valence electrons. The summed E-state index contributed by atoms with van der Waals surface area (Å²) in [6, 6.07) is 0. The molecule has 0 bridgehead atoms. The lowest BCUT2D eigenvalue weighted by atomic mass is 9.47. The van der Waals surface area contributed by atoms with Crippen molar-refractivity contribution in [2.75, 3.05) is 0 Å². The average Bonchev–Trinajstić information content (AvgIpc) is 2.43. The monoisotopic (exact) mass is 323 g/mol. The highest BCUT2D eigenvalue weighted by Crippen LogP contribution is 2.60. The van der Waals surface area contributed by atoms with Crippen LogP contribution in [0.2, 0.25) is 0 Å². The Morgan fingerprint density at radius 1 is 1.35 bits per heavy atom. The van der Waals surface area contributed by atoms with Crippen LogP contribution in [0.4, 0.5) is 0 Å². The van der Waals surface area contributed by atoms with E-state index in [0.717, 1.165) is 31.4 Å². The molecule has 0 spiro atoms. The van der Waals surface area contributed by atoms with Gasteiger partial charge in [-0.2, -0.15) is 0 Å². The van der Waals surface area contributed by atoms with Crippen molar-refractivity contribution in [2.45, 2.75) is 79.1 Å². The van der Waals surface area contributed by atoms with E-state index in [0.29, 0.717) is 17.3 Å². The molecule has 0 aromatic carbocycles. The third-order valence-corrected chi connectivity index (χ3v) is 6.76. The largest absolute Gasteiger partial charge is 0.481 e. The van der Waals surface area contributed by atoms with Gasteiger partial charge in [-0.05, 0) is 61.2 Å². The van der Waals surface area contributed by atoms with Gasteiger partial charge in [0.05, 0.1) is 5.71 Å². The van der Waals surface area contributed by atoms with E-state index in [1.54, 1.807) is 0 Å². The second-order valence-corrected chi connectivity index (χ2v) is 8.86. The Morgan fingerprint density at radius 3 is 2.65 bits per heavy atom. The molecule has 2 aliphatic rings. The Bertz CT molecular complexity index is 471. The number of carboxylic acid groups (broad SMARTS) is 1. The van der Waals surface area contributed by atoms with Crippen molar-refractivity contribution in [3.05, 3.63) is 0 Å². The first-order valence-electron chi connectivity index (χ1n) is 9.13. The maximum Gasteiger partial charge on any atom is 0.303 e. The number of oxime groups is 1. The molecule has 0 saturated heterocycles. The highest BCUT2D eigenvalue weighted by molar-refractivity contribution is 5.88. The van der Waals surface area contributed by atoms with Gasteiger partial charge in [0.2, 0.25) is 0 Å². The van der Waals surface area contributed by atoms with Crippen molar-refractivity contribution in [1.29, 1.82) is 0 Å². The molecule has 2 aliphatic carbocycles. The van der Waals surface area contributed by atoms with Crippen molar-refractivity contribution in [1.82, 2.24) is 0 Å². The quantitative estimate of drug-likeness (QED) is 0.555. The summed E-state index contributed by atoms with van der Waals surface area (Å²) in [5.41, 5.74) is 1.48. The molecule has 0 amide bonds. The van der Waals surface area contributed by atoms with E-state index in [1.165, 1.54) is 19.3 Å². The fourth-order valence-electron chi connectivity index (χ4n) is 5.62. The number of carbonyl (C=O) groups is 1. The van der Waals surface area contributed by atoms with Crippen LogP contribution >= 0.6 is 0 Å². The Hall–Kier alpha value is -1.06. The second-order valence-electron chi connectivity index (χ2n) is 8.86. The van der Waals surface area contributed by atoms with Crippen molar-refractivity contribution in [3.8, 4) is 0 Å². The predicted octanol–water partition coefficient (Wildman–Crippen LogP) is 4.95. The number of aliphatic carboxylic acids is 1. The van der Waals surface area contributed by atoms with Gasteiger partial charge < -0.3 is 10.3 Å². The molecule has 2 fully saturated rings. The second kappa shape index (κ2) is 6.82. The van der Waals surface area contributed by atoms with Gasteiger partial charge in [-0.1, -0.05) is 39.3 Å². The van der Waals surface area contributed by atoms with E-state index in [-0.39, 0.29) is 17.8 Å². The molecule has 4 atom stereocenters. The van der Waals surface area contributed by atoms with Gasteiger partial charge in [0, 0.05) is 12.3 Å². The predicted molar refractivity (Wildman–Crippen MR) is 91.8 cm³/mol. The molecular weight excluding hydrogens is 290 g/mol. The molecule has 0 heterocycles. The molecule has 0 aromatic rings. The Kier molecular flexibility index (Phi) is 5.42. The van der Waals surface area contributed by atoms with Gasteiger partial charge in [0.15, 0.2) is 0 Å². The summed E-state index contributed by atoms with van der Waals surface area (Å²) in [4.78, 5) is 10.9. The zero-order valence-electron chi connectivity index (χ0n) is 15.1. The smallest absolute Gasteiger partial charge is 0.303 e. The van der Waals surface area contributed by atoms with Crippen LogP contribution in [0.15, 0.2) is 5.16 Å². The Morgan fingerprint density at radius 2 is 2.04 bits per heavy atom. The van der Waals surface area contributed by atoms with E-state index in [4.69, 9.17) is 5.11 Å². The summed E-state index contributed by atoms with van der Waals surface area (Å²) >= 11 is 0. The number of nitrogens with zero attached hydrogens (tertiary/aromatic N) is 1. The normalized spacial score (nSPS) is 36.4. The molecular formula is C19H33NO3. The summed E-state index contributed by atoms with van der Waals surface area (Å²) in [6.07, 6.45) is 7.76. The molecule has 0 radical (unpaired) electrons. The number of rotatable bonds is 5. The van der Waals surface area contributed by atoms with E-state index in [9.17, 15) is 10.0 Å². The average molecular weight is 323 g/mol. The molecule has 2 rings (SSSR count). The Labute approximate surface area is 140 Å². The van der Waals surface area contributed by atoms with E-state index >= 15 is 0 Å². The number of hydrogen-bond donors (Lipinski definition) is 2. The molecule has 2 saturated carbocycles. The minimum atomic E-state index is -0.722. The molecule has 23 heavy (non-hydrogen) atoms. The molecule has 0 unspecified atom stereocenters. The SMILES string of the molecule is C[C@H](CC[C@H]1C(=NO)CC[C@@H]2C(C)(C)CCC[C@]21C)CC(=O)O. The molecule has 0 aliphatic heterocycles. The maximum absolute atomic E-state index is 10.9. The third-order valence-electron chi connectivity index (χ3n) is 6.76. The first-order valence-corrected chi connectivity index (χ1v) is 9.13. The lowest BCUT2D eigenvalue weighted by Crippen LogP contribution is -2.52. The topological polar surface area (TPSA) is 69.9 Å². The first kappa shape index (κ1) is 18.3. The molecule has 4 nitrogen and oxygen atoms in total. The van der Waals surface area contributed by atoms with Crippen LogP contribution in [0, 0.1) is 28.6 Å². The van der Waals surface area contributed by atoms with Crippen LogP contribution in [0.5, 0.6) is 0 Å². The first-order chi connectivity index (χ1) is 10.7. The van der Waals surface area contributed by atoms with Gasteiger partial charge in [-0.3, -0.25) is 4.79 Å². The number of carboxylic acids is 1. The highest BCUT2D eigenvalue weighted by Gasteiger charge is 2.53. The lowest BCUT2D eigenvalue weighted by Gasteiger charge is -2.57. The fourth-order valence-corrected chi connectivity index (χ4v) is 5.62. The minimum absolute atomic E-state index is 0.174. The van der Waals surface area contributed by atoms with Crippen molar-refractivity contribution >= 4 is 11.7 Å². The fraction of sp³-hybridized carbons (Fsp3) is 0.895. The third kappa shape index (κ3) is 3.72. The van der Waals surface area contributed by atoms with E-state index < -0.39 is 5.97 Å². The lowest BCUT2D eigenvalue weighted by molar-refractivity contribution is -0.138. The molecule has 4 heteroatoms. The molecule has 0 aromatic heterocycles. The summed E-state index contributed by atoms with van der Waals surface area (Å²) in [7, 11) is 0. The number of hydrogen-bond acceptors (Lipinski definition) is 3. The summed E-state index contributed by atoms with van der Waals surface area (Å²) in [5.74, 6) is 0.407. The van der Waals surface area contributed by atoms with Crippen LogP contribution in [0.3, 0.4) is 0 Å². The Balaban J connectivity index is 2.17. The van der Waals surface area contributed by atoms with Crippen LogP contribution < -0.4 is 0 Å². The van der Waals surface area contributed by atoms with Crippen LogP contribution in [0.25, 0.3) is 0 Å². The number of fused-ring (bicyclic) bond motifs is 1. The van der Waals surface area contributed by atoms with Crippen molar-refractivity contribution < 1.29 is 15.1 Å². The minimum Gasteiger partial charge on any atom is -0.481 e. The van der Waals surface area contributed by atoms with Crippen LogP contribution in [-0.2, 0) is 4.79 Å². The zero-order valence-corrected chi connectivity index (χ0v) is 15.1. The van der Waals surface area contributed by atoms with Gasteiger partial charge in [0.1, 0.15) is 0 Å². The van der Waals surface area contributed by atoms with Gasteiger partial charge in [-0.15, -0.1) is 0 Å². The van der Waals surface area contributed by atoms with E-state index in [1.807, 2.05) is 6.92 Å². The van der Waals surface area contributed by atoms with Crippen LogP contribution in [0.1, 0.15) is 79.1 Å². The molecule has 2 N–H and O–H groups in total. The maximum atomic E-state index is 10.9. The highest BCUT2D eigenvalue weighted by atomic mass is 16.4. The summed E-state index contributed by atoms with van der Waals surface area (Å²) in [5, 5.41) is 22.1. The zero-order chi connectivity index (χ0) is 17.3. The van der Waals surface area contributed by atoms with Crippen molar-refractivity contribution in [2.24, 2.45) is 33.7 Å². The summed E-state index contributed by atoms with van der Waals surface area (Å²) in [6.45, 7) is 9.17. The van der Waals surface area contributed by atoms with Gasteiger partial charge >= 0.3 is 5.97 Å². The van der Waals surface area contributed by atoms with E-state index in [2.05, 4.69) is 25.9 Å². The van der Waals surface area contributed by atoms with Gasteiger partial charge in [0.25, 0.3) is 0 Å².